The van der Waals surface area contributed by atoms with Crippen molar-refractivity contribution in [2.75, 3.05) is 6.54 Å². The van der Waals surface area contributed by atoms with E-state index >= 15 is 0 Å². The van der Waals surface area contributed by atoms with Crippen molar-refractivity contribution in [2.24, 2.45) is 0 Å². The quantitative estimate of drug-likeness (QED) is 0.899. The summed E-state index contributed by atoms with van der Waals surface area (Å²) in [6, 6.07) is 13.0. The minimum atomic E-state index is 0.319. The average Bonchev–Trinajstić information content (AvgIpc) is 2.41. The lowest BCUT2D eigenvalue weighted by atomic mass is 9.98. The van der Waals surface area contributed by atoms with Crippen molar-refractivity contribution in [2.45, 2.75) is 26.3 Å². The Balaban J connectivity index is 2.21. The molecule has 1 N–H and O–H groups in total. The number of nitrogens with zero attached hydrogens (tertiary/aromatic N) is 1. The fraction of sp³-hybridized carbons (Fsp3) is 0.312. The monoisotopic (exact) mass is 318 g/mol. The molecule has 2 aromatic rings. The summed E-state index contributed by atoms with van der Waals surface area (Å²) in [4.78, 5) is 4.39. The fourth-order valence-corrected chi connectivity index (χ4v) is 2.52. The van der Waals surface area contributed by atoms with Crippen molar-refractivity contribution < 1.29 is 0 Å². The lowest BCUT2D eigenvalue weighted by molar-refractivity contribution is 0.545. The van der Waals surface area contributed by atoms with Crippen LogP contribution in [0.2, 0.25) is 0 Å². The second-order valence-electron chi connectivity index (χ2n) is 4.62. The lowest BCUT2D eigenvalue weighted by Gasteiger charge is -2.20. The van der Waals surface area contributed by atoms with Gasteiger partial charge in [0.25, 0.3) is 0 Å². The van der Waals surface area contributed by atoms with Gasteiger partial charge in [0.2, 0.25) is 0 Å². The van der Waals surface area contributed by atoms with Crippen LogP contribution < -0.4 is 5.32 Å². The minimum absolute atomic E-state index is 0.319. The maximum atomic E-state index is 4.39. The third-order valence-corrected chi connectivity index (χ3v) is 3.76. The van der Waals surface area contributed by atoms with Gasteiger partial charge in [-0.05, 0) is 49.2 Å². The molecule has 0 amide bonds. The van der Waals surface area contributed by atoms with Crippen molar-refractivity contribution in [3.05, 3.63) is 63.9 Å². The summed E-state index contributed by atoms with van der Waals surface area (Å²) in [6.45, 7) is 5.16. The standard InChI is InChI=1S/C16H19BrN2/c1-3-18-16(15-5-4-10-19-12(15)2)11-13-6-8-14(17)9-7-13/h4-10,16,18H,3,11H2,1-2H3. The number of aryl methyl sites for hydroxylation is 1. The third kappa shape index (κ3) is 3.88. The number of rotatable bonds is 5. The second kappa shape index (κ2) is 6.83. The van der Waals surface area contributed by atoms with Crippen LogP contribution in [0.5, 0.6) is 0 Å². The zero-order chi connectivity index (χ0) is 13.7. The molecule has 0 aliphatic carbocycles. The highest BCUT2D eigenvalue weighted by Crippen LogP contribution is 2.21. The van der Waals surface area contributed by atoms with Gasteiger partial charge in [0, 0.05) is 22.4 Å². The summed E-state index contributed by atoms with van der Waals surface area (Å²) in [5.41, 5.74) is 3.72. The maximum Gasteiger partial charge on any atom is 0.0420 e. The van der Waals surface area contributed by atoms with Crippen molar-refractivity contribution in [1.82, 2.24) is 10.3 Å². The highest BCUT2D eigenvalue weighted by molar-refractivity contribution is 9.10. The molecule has 2 nitrogen and oxygen atoms in total. The van der Waals surface area contributed by atoms with E-state index in [9.17, 15) is 0 Å². The third-order valence-electron chi connectivity index (χ3n) is 3.23. The van der Waals surface area contributed by atoms with E-state index in [-0.39, 0.29) is 0 Å². The largest absolute Gasteiger partial charge is 0.310 e. The Morgan fingerprint density at radius 2 is 1.95 bits per heavy atom. The summed E-state index contributed by atoms with van der Waals surface area (Å²) in [7, 11) is 0. The van der Waals surface area contributed by atoms with Crippen molar-refractivity contribution in [3.63, 3.8) is 0 Å². The molecular weight excluding hydrogens is 300 g/mol. The lowest BCUT2D eigenvalue weighted by Crippen LogP contribution is -2.24. The number of aromatic nitrogens is 1. The summed E-state index contributed by atoms with van der Waals surface area (Å²) >= 11 is 3.47. The zero-order valence-corrected chi connectivity index (χ0v) is 12.9. The SMILES string of the molecule is CCNC(Cc1ccc(Br)cc1)c1cccnc1C. The van der Waals surface area contributed by atoms with Crippen molar-refractivity contribution in [3.8, 4) is 0 Å². The molecule has 0 fully saturated rings. The summed E-state index contributed by atoms with van der Waals surface area (Å²) in [6.07, 6.45) is 2.83. The molecule has 0 saturated heterocycles. The first kappa shape index (κ1) is 14.2. The van der Waals surface area contributed by atoms with Crippen LogP contribution in [0, 0.1) is 6.92 Å². The molecule has 19 heavy (non-hydrogen) atoms. The van der Waals surface area contributed by atoms with Gasteiger partial charge in [-0.2, -0.15) is 0 Å². The predicted octanol–water partition coefficient (Wildman–Crippen LogP) is 4.05. The van der Waals surface area contributed by atoms with Crippen LogP contribution in [0.4, 0.5) is 0 Å². The molecule has 100 valence electrons. The fourth-order valence-electron chi connectivity index (χ4n) is 2.26. The smallest absolute Gasteiger partial charge is 0.0420 e. The molecule has 1 unspecified atom stereocenters. The number of likely N-dealkylation sites (N-methyl/N-ethyl adjacent to an activating group) is 1. The molecule has 0 aliphatic heterocycles. The van der Waals surface area contributed by atoms with E-state index in [1.54, 1.807) is 0 Å². The van der Waals surface area contributed by atoms with Crippen molar-refractivity contribution in [1.29, 1.82) is 0 Å². The summed E-state index contributed by atoms with van der Waals surface area (Å²) < 4.78 is 1.12. The first-order valence-electron chi connectivity index (χ1n) is 6.60. The molecule has 0 bridgehead atoms. The normalized spacial score (nSPS) is 12.4. The molecule has 0 saturated carbocycles. The molecule has 0 radical (unpaired) electrons. The highest BCUT2D eigenvalue weighted by atomic mass is 79.9. The van der Waals surface area contributed by atoms with Crippen LogP contribution in [-0.4, -0.2) is 11.5 Å². The number of pyridine rings is 1. The molecule has 0 aliphatic rings. The second-order valence-corrected chi connectivity index (χ2v) is 5.53. The Kier molecular flexibility index (Phi) is 5.11. The number of nitrogens with one attached hydrogen (secondary N) is 1. The van der Waals surface area contributed by atoms with Gasteiger partial charge < -0.3 is 5.32 Å². The number of halogens is 1. The first-order chi connectivity index (χ1) is 9.20. The Labute approximate surface area is 123 Å². The first-order valence-corrected chi connectivity index (χ1v) is 7.39. The van der Waals surface area contributed by atoms with Gasteiger partial charge in [0.1, 0.15) is 0 Å². The molecule has 0 spiro atoms. The predicted molar refractivity (Wildman–Crippen MR) is 83.2 cm³/mol. The van der Waals surface area contributed by atoms with E-state index in [4.69, 9.17) is 0 Å². The van der Waals surface area contributed by atoms with Crippen molar-refractivity contribution >= 4 is 15.9 Å². The molecule has 2 rings (SSSR count). The van der Waals surface area contributed by atoms with E-state index in [0.29, 0.717) is 6.04 Å². The van der Waals surface area contributed by atoms with E-state index < -0.39 is 0 Å². The summed E-state index contributed by atoms with van der Waals surface area (Å²) in [5.74, 6) is 0. The van der Waals surface area contributed by atoms with Gasteiger partial charge in [-0.1, -0.05) is 41.1 Å². The Morgan fingerprint density at radius 1 is 1.21 bits per heavy atom. The molecular formula is C16H19BrN2. The van der Waals surface area contributed by atoms with Crippen LogP contribution in [0.1, 0.15) is 29.8 Å². The Bertz CT molecular complexity index is 523. The van der Waals surface area contributed by atoms with Gasteiger partial charge >= 0.3 is 0 Å². The van der Waals surface area contributed by atoms with Gasteiger partial charge in [-0.3, -0.25) is 4.98 Å². The van der Waals surface area contributed by atoms with E-state index in [0.717, 1.165) is 23.1 Å². The number of hydrogen-bond acceptors (Lipinski definition) is 2. The number of benzene rings is 1. The Morgan fingerprint density at radius 3 is 2.58 bits per heavy atom. The highest BCUT2D eigenvalue weighted by Gasteiger charge is 2.13. The van der Waals surface area contributed by atoms with Gasteiger partial charge in [-0.25, -0.2) is 0 Å². The van der Waals surface area contributed by atoms with Gasteiger partial charge in [0.15, 0.2) is 0 Å². The summed E-state index contributed by atoms with van der Waals surface area (Å²) in [5, 5.41) is 3.55. The molecule has 3 heteroatoms. The maximum absolute atomic E-state index is 4.39. The van der Waals surface area contributed by atoms with Crippen LogP contribution in [-0.2, 0) is 6.42 Å². The minimum Gasteiger partial charge on any atom is -0.310 e. The number of hydrogen-bond donors (Lipinski definition) is 1. The van der Waals surface area contributed by atoms with E-state index in [1.165, 1.54) is 11.1 Å². The van der Waals surface area contributed by atoms with E-state index in [1.807, 2.05) is 12.3 Å². The topological polar surface area (TPSA) is 24.9 Å². The molecule has 1 atom stereocenters. The van der Waals surface area contributed by atoms with Crippen LogP contribution in [0.15, 0.2) is 47.1 Å². The average molecular weight is 319 g/mol. The molecule has 1 aromatic heterocycles. The van der Waals surface area contributed by atoms with E-state index in [2.05, 4.69) is 70.4 Å². The van der Waals surface area contributed by atoms with Crippen LogP contribution in [0.3, 0.4) is 0 Å². The molecule has 1 heterocycles. The Hall–Kier alpha value is -1.19. The van der Waals surface area contributed by atoms with Crippen LogP contribution in [0.25, 0.3) is 0 Å². The molecule has 1 aromatic carbocycles. The van der Waals surface area contributed by atoms with Gasteiger partial charge in [0.05, 0.1) is 0 Å². The van der Waals surface area contributed by atoms with Crippen LogP contribution >= 0.6 is 15.9 Å². The van der Waals surface area contributed by atoms with Gasteiger partial charge in [-0.15, -0.1) is 0 Å². The zero-order valence-electron chi connectivity index (χ0n) is 11.4.